The molecule has 3 amide bonds. The molecular weight excluding hydrogens is 583 g/mol. The number of hydrogen-bond acceptors (Lipinski definition) is 7. The molecule has 4 rings (SSSR count). The van der Waals surface area contributed by atoms with Crippen LogP contribution in [0.5, 0.6) is 11.5 Å². The number of amides is 3. The van der Waals surface area contributed by atoms with Gasteiger partial charge in [0.25, 0.3) is 11.1 Å². The predicted molar refractivity (Wildman–Crippen MR) is 131 cm³/mol. The standard InChI is InChI=1S/C23H17BrF3N3O6S/c24-15-4-6-17(36-18-5-3-14(23(25,26)27)11-16(18)30(34)35)13(9-15)10-19-21(32)29(22(33)37-19)12-20(31)28-7-1-2-8-28/h3-6,9-11H,1-2,7-8,12H2/b19-10-. The lowest BCUT2D eigenvalue weighted by Crippen LogP contribution is -2.40. The smallest absolute Gasteiger partial charge is 0.416 e. The zero-order valence-corrected chi connectivity index (χ0v) is 21.2. The molecular formula is C23H17BrF3N3O6S. The third-order valence-corrected chi connectivity index (χ3v) is 6.99. The molecule has 2 fully saturated rings. The van der Waals surface area contributed by atoms with Gasteiger partial charge in [0.05, 0.1) is 15.4 Å². The molecule has 0 unspecified atom stereocenters. The number of alkyl halides is 3. The van der Waals surface area contributed by atoms with E-state index in [2.05, 4.69) is 15.9 Å². The molecule has 14 heteroatoms. The van der Waals surface area contributed by atoms with E-state index in [-0.39, 0.29) is 28.7 Å². The van der Waals surface area contributed by atoms with Crippen molar-refractivity contribution in [3.05, 3.63) is 67.0 Å². The second-order valence-electron chi connectivity index (χ2n) is 8.08. The van der Waals surface area contributed by atoms with Crippen molar-refractivity contribution in [1.82, 2.24) is 9.80 Å². The third kappa shape index (κ3) is 5.96. The van der Waals surface area contributed by atoms with E-state index in [0.717, 1.165) is 23.8 Å². The zero-order valence-electron chi connectivity index (χ0n) is 18.8. The van der Waals surface area contributed by atoms with E-state index >= 15 is 0 Å². The number of imide groups is 1. The summed E-state index contributed by atoms with van der Waals surface area (Å²) >= 11 is 3.89. The van der Waals surface area contributed by atoms with Gasteiger partial charge in [-0.3, -0.25) is 29.4 Å². The van der Waals surface area contributed by atoms with Gasteiger partial charge < -0.3 is 9.64 Å². The second-order valence-corrected chi connectivity index (χ2v) is 9.99. The first-order valence-corrected chi connectivity index (χ1v) is 12.4. The lowest BCUT2D eigenvalue weighted by molar-refractivity contribution is -0.385. The van der Waals surface area contributed by atoms with Gasteiger partial charge in [0.2, 0.25) is 11.7 Å². The highest BCUT2D eigenvalue weighted by atomic mass is 79.9. The quantitative estimate of drug-likeness (QED) is 0.233. The van der Waals surface area contributed by atoms with Crippen LogP contribution in [0, 0.1) is 10.1 Å². The SMILES string of the molecule is O=C(CN1C(=O)S/C(=C\c2cc(Br)ccc2Oc2ccc(C(F)(F)F)cc2[N+](=O)[O-])C1=O)N1CCCC1. The van der Waals surface area contributed by atoms with Crippen LogP contribution in [0.25, 0.3) is 6.08 Å². The molecule has 0 saturated carbocycles. The fourth-order valence-corrected chi connectivity index (χ4v) is 4.95. The number of thioether (sulfide) groups is 1. The lowest BCUT2D eigenvalue weighted by atomic mass is 10.1. The summed E-state index contributed by atoms with van der Waals surface area (Å²) in [7, 11) is 0. The Morgan fingerprint density at radius 3 is 2.46 bits per heavy atom. The summed E-state index contributed by atoms with van der Waals surface area (Å²) in [6, 6.07) is 6.31. The number of nitrogens with zero attached hydrogens (tertiary/aromatic N) is 3. The van der Waals surface area contributed by atoms with E-state index in [1.807, 2.05) is 0 Å². The number of nitro groups is 1. The number of likely N-dealkylation sites (tertiary alicyclic amines) is 1. The predicted octanol–water partition coefficient (Wildman–Crippen LogP) is 5.83. The Morgan fingerprint density at radius 2 is 1.81 bits per heavy atom. The molecule has 2 heterocycles. The molecule has 2 saturated heterocycles. The van der Waals surface area contributed by atoms with Crippen LogP contribution >= 0.6 is 27.7 Å². The van der Waals surface area contributed by atoms with Crippen LogP contribution in [0.3, 0.4) is 0 Å². The molecule has 0 spiro atoms. The van der Waals surface area contributed by atoms with Crippen LogP contribution in [0.15, 0.2) is 45.8 Å². The van der Waals surface area contributed by atoms with E-state index in [1.165, 1.54) is 24.3 Å². The van der Waals surface area contributed by atoms with Crippen molar-refractivity contribution in [2.24, 2.45) is 0 Å². The molecule has 0 N–H and O–H groups in total. The summed E-state index contributed by atoms with van der Waals surface area (Å²) in [5.41, 5.74) is -1.89. The minimum atomic E-state index is -4.79. The van der Waals surface area contributed by atoms with Gasteiger partial charge in [-0.25, -0.2) is 0 Å². The number of nitro benzene ring substituents is 1. The molecule has 37 heavy (non-hydrogen) atoms. The summed E-state index contributed by atoms with van der Waals surface area (Å²) in [6.07, 6.45) is -1.75. The molecule has 194 valence electrons. The van der Waals surface area contributed by atoms with Crippen LogP contribution in [0.2, 0.25) is 0 Å². The van der Waals surface area contributed by atoms with Crippen LogP contribution in [-0.2, 0) is 15.8 Å². The van der Waals surface area contributed by atoms with Gasteiger partial charge in [-0.1, -0.05) is 15.9 Å². The van der Waals surface area contributed by atoms with Crippen molar-refractivity contribution in [2.45, 2.75) is 19.0 Å². The monoisotopic (exact) mass is 599 g/mol. The number of rotatable bonds is 6. The van der Waals surface area contributed by atoms with Gasteiger partial charge in [0, 0.05) is 29.2 Å². The highest BCUT2D eigenvalue weighted by Gasteiger charge is 2.38. The van der Waals surface area contributed by atoms with Crippen molar-refractivity contribution < 1.29 is 37.2 Å². The third-order valence-electron chi connectivity index (χ3n) is 5.59. The van der Waals surface area contributed by atoms with Crippen LogP contribution < -0.4 is 4.74 Å². The van der Waals surface area contributed by atoms with E-state index in [0.29, 0.717) is 41.5 Å². The second kappa shape index (κ2) is 10.5. The molecule has 0 atom stereocenters. The lowest BCUT2D eigenvalue weighted by Gasteiger charge is -2.18. The van der Waals surface area contributed by atoms with E-state index in [1.54, 1.807) is 4.90 Å². The minimum absolute atomic E-state index is 0.00833. The first kappa shape index (κ1) is 26.7. The topological polar surface area (TPSA) is 110 Å². The van der Waals surface area contributed by atoms with Crippen molar-refractivity contribution in [3.8, 4) is 11.5 Å². The Labute approximate surface area is 220 Å². The number of carbonyl (C=O) groups excluding carboxylic acids is 3. The van der Waals surface area contributed by atoms with E-state index in [9.17, 15) is 37.7 Å². The normalized spacial score (nSPS) is 17.1. The Balaban J connectivity index is 1.62. The molecule has 2 aromatic rings. The number of hydrogen-bond donors (Lipinski definition) is 0. The maximum Gasteiger partial charge on any atom is 0.416 e. The molecule has 0 aromatic heterocycles. The average Bonchev–Trinajstić information content (AvgIpc) is 3.45. The molecule has 2 aliphatic rings. The molecule has 2 aromatic carbocycles. The molecule has 0 aliphatic carbocycles. The molecule has 2 aliphatic heterocycles. The van der Waals surface area contributed by atoms with Gasteiger partial charge >= 0.3 is 11.9 Å². The van der Waals surface area contributed by atoms with Gasteiger partial charge in [-0.2, -0.15) is 13.2 Å². The highest BCUT2D eigenvalue weighted by Crippen LogP contribution is 2.40. The fraction of sp³-hybridized carbons (Fsp3) is 0.261. The van der Waals surface area contributed by atoms with Crippen LogP contribution in [-0.4, -0.2) is 51.4 Å². The summed E-state index contributed by atoms with van der Waals surface area (Å²) in [5.74, 6) is -1.47. The molecule has 0 radical (unpaired) electrons. The maximum atomic E-state index is 13.0. The summed E-state index contributed by atoms with van der Waals surface area (Å²) in [5, 5.41) is 10.8. The highest BCUT2D eigenvalue weighted by molar-refractivity contribution is 9.10. The fourth-order valence-electron chi connectivity index (χ4n) is 3.75. The number of benzene rings is 2. The first-order chi connectivity index (χ1) is 17.4. The van der Waals surface area contributed by atoms with Crippen LogP contribution in [0.1, 0.15) is 24.0 Å². The van der Waals surface area contributed by atoms with E-state index in [4.69, 9.17) is 4.74 Å². The summed E-state index contributed by atoms with van der Waals surface area (Å²) in [4.78, 5) is 50.6. The van der Waals surface area contributed by atoms with Gasteiger partial charge in [-0.05, 0) is 61.0 Å². The Morgan fingerprint density at radius 1 is 1.14 bits per heavy atom. The first-order valence-electron chi connectivity index (χ1n) is 10.8. The van der Waals surface area contributed by atoms with Gasteiger partial charge in [-0.15, -0.1) is 0 Å². The maximum absolute atomic E-state index is 13.0. The Kier molecular flexibility index (Phi) is 7.59. The van der Waals surface area contributed by atoms with Crippen LogP contribution in [0.4, 0.5) is 23.7 Å². The number of ether oxygens (including phenoxy) is 1. The molecule has 0 bridgehead atoms. The largest absolute Gasteiger partial charge is 0.449 e. The van der Waals surface area contributed by atoms with Crippen molar-refractivity contribution in [3.63, 3.8) is 0 Å². The van der Waals surface area contributed by atoms with Gasteiger partial charge in [0.1, 0.15) is 12.3 Å². The molecule has 9 nitrogen and oxygen atoms in total. The average molecular weight is 600 g/mol. The van der Waals surface area contributed by atoms with Gasteiger partial charge in [0.15, 0.2) is 0 Å². The Hall–Kier alpha value is -3.39. The summed E-state index contributed by atoms with van der Waals surface area (Å²) < 4.78 is 45.2. The van der Waals surface area contributed by atoms with Crippen molar-refractivity contribution in [2.75, 3.05) is 19.6 Å². The van der Waals surface area contributed by atoms with Crippen molar-refractivity contribution >= 4 is 56.5 Å². The summed E-state index contributed by atoms with van der Waals surface area (Å²) in [6.45, 7) is 0.751. The minimum Gasteiger partial charge on any atom is -0.449 e. The number of carbonyl (C=O) groups is 3. The zero-order chi connectivity index (χ0) is 26.9. The van der Waals surface area contributed by atoms with E-state index < -0.39 is 39.2 Å². The number of halogens is 4. The van der Waals surface area contributed by atoms with Crippen molar-refractivity contribution in [1.29, 1.82) is 0 Å². The Bertz CT molecular complexity index is 1330.